The van der Waals surface area contributed by atoms with Crippen LogP contribution in [0.5, 0.6) is 5.75 Å². The number of nitrogens with one attached hydrogen (secondary N) is 1. The first kappa shape index (κ1) is 23.2. The molecule has 0 saturated carbocycles. The van der Waals surface area contributed by atoms with E-state index in [1.807, 2.05) is 49.4 Å². The molecule has 1 N–H and O–H groups in total. The number of halogens is 1. The molecule has 0 aromatic heterocycles. The predicted molar refractivity (Wildman–Crippen MR) is 137 cm³/mol. The van der Waals surface area contributed by atoms with E-state index in [0.717, 1.165) is 21.9 Å². The summed E-state index contributed by atoms with van der Waals surface area (Å²) in [7, 11) is -3.95. The zero-order valence-electron chi connectivity index (χ0n) is 18.9. The first-order chi connectivity index (χ1) is 16.8. The smallest absolute Gasteiger partial charge is 0.264 e. The van der Waals surface area contributed by atoms with Gasteiger partial charge in [-0.15, -0.1) is 0 Å². The van der Waals surface area contributed by atoms with E-state index < -0.39 is 22.0 Å². The number of aryl methyl sites for hydroxylation is 1. The number of anilines is 1. The van der Waals surface area contributed by atoms with Crippen molar-refractivity contribution in [3.8, 4) is 5.75 Å². The highest BCUT2D eigenvalue weighted by Gasteiger charge is 2.37. The number of ether oxygens (including phenoxy) is 1. The fraction of sp³-hybridized carbons (Fsp3) is 0.148. The van der Waals surface area contributed by atoms with Gasteiger partial charge >= 0.3 is 0 Å². The van der Waals surface area contributed by atoms with Crippen molar-refractivity contribution in [3.63, 3.8) is 0 Å². The molecule has 0 radical (unpaired) electrons. The van der Waals surface area contributed by atoms with Gasteiger partial charge in [-0.1, -0.05) is 65.7 Å². The van der Waals surface area contributed by atoms with Crippen LogP contribution in [0.3, 0.4) is 0 Å². The zero-order chi connectivity index (χ0) is 24.6. The molecular formula is C27H23ClN2O4S. The maximum atomic E-state index is 13.5. The fourth-order valence-electron chi connectivity index (χ4n) is 4.08. The molecule has 8 heteroatoms. The Morgan fingerprint density at radius 2 is 1.74 bits per heavy atom. The molecule has 4 aromatic rings. The lowest BCUT2D eigenvalue weighted by Gasteiger charge is -2.35. The normalized spacial score (nSPS) is 15.4. The Balaban J connectivity index is 1.40. The molecule has 0 fully saturated rings. The van der Waals surface area contributed by atoms with E-state index in [4.69, 9.17) is 16.3 Å². The van der Waals surface area contributed by atoms with E-state index in [1.54, 1.807) is 36.4 Å². The number of carbonyl (C=O) groups excluding carboxylic acids is 1. The largest absolute Gasteiger partial charge is 0.476 e. The first-order valence-electron chi connectivity index (χ1n) is 11.1. The van der Waals surface area contributed by atoms with Crippen molar-refractivity contribution in [2.75, 3.05) is 10.8 Å². The number of benzene rings is 4. The van der Waals surface area contributed by atoms with Crippen molar-refractivity contribution in [2.24, 2.45) is 0 Å². The van der Waals surface area contributed by atoms with E-state index >= 15 is 0 Å². The van der Waals surface area contributed by atoms with Gasteiger partial charge in [-0.05, 0) is 59.7 Å². The molecule has 0 spiro atoms. The summed E-state index contributed by atoms with van der Waals surface area (Å²) in [6.07, 6.45) is -1.02. The third-order valence-electron chi connectivity index (χ3n) is 5.97. The highest BCUT2D eigenvalue weighted by atomic mass is 35.5. The van der Waals surface area contributed by atoms with Gasteiger partial charge in [-0.3, -0.25) is 9.10 Å². The SMILES string of the molecule is Cc1ccc(S(=O)(=O)N2C[C@@H](C(=O)NCc3ccc4ccccc4c3)Oc3ccc(Cl)cc32)cc1. The number of rotatable bonds is 5. The second kappa shape index (κ2) is 9.24. The van der Waals surface area contributed by atoms with E-state index in [-0.39, 0.29) is 17.2 Å². The number of nitrogens with zero attached hydrogens (tertiary/aromatic N) is 1. The summed E-state index contributed by atoms with van der Waals surface area (Å²) in [5, 5.41) is 5.45. The first-order valence-corrected chi connectivity index (χ1v) is 12.9. The number of amides is 1. The van der Waals surface area contributed by atoms with Crippen LogP contribution < -0.4 is 14.4 Å². The topological polar surface area (TPSA) is 75.7 Å². The van der Waals surface area contributed by atoms with E-state index in [1.165, 1.54) is 10.4 Å². The van der Waals surface area contributed by atoms with Gasteiger partial charge in [0.1, 0.15) is 5.75 Å². The summed E-state index contributed by atoms with van der Waals surface area (Å²) in [5.74, 6) is -0.120. The summed E-state index contributed by atoms with van der Waals surface area (Å²) in [6.45, 7) is 2.00. The van der Waals surface area contributed by atoms with Crippen LogP contribution >= 0.6 is 11.6 Å². The maximum Gasteiger partial charge on any atom is 0.264 e. The second-order valence-corrected chi connectivity index (χ2v) is 10.8. The molecule has 1 amide bonds. The van der Waals surface area contributed by atoms with Crippen molar-refractivity contribution in [1.29, 1.82) is 0 Å². The van der Waals surface area contributed by atoms with Crippen molar-refractivity contribution in [2.45, 2.75) is 24.5 Å². The van der Waals surface area contributed by atoms with Crippen molar-refractivity contribution in [3.05, 3.63) is 101 Å². The van der Waals surface area contributed by atoms with Gasteiger partial charge in [-0.2, -0.15) is 0 Å². The number of sulfonamides is 1. The lowest BCUT2D eigenvalue weighted by molar-refractivity contribution is -0.127. The molecule has 0 aliphatic carbocycles. The Morgan fingerprint density at radius 3 is 2.51 bits per heavy atom. The predicted octanol–water partition coefficient (Wildman–Crippen LogP) is 5.07. The third-order valence-corrected chi connectivity index (χ3v) is 8.00. The molecule has 0 unspecified atom stereocenters. The minimum Gasteiger partial charge on any atom is -0.476 e. The van der Waals surface area contributed by atoms with Crippen molar-refractivity contribution < 1.29 is 17.9 Å². The minimum atomic E-state index is -3.95. The summed E-state index contributed by atoms with van der Waals surface area (Å²) in [5.41, 5.74) is 2.18. The standard InChI is InChI=1S/C27H23ClN2O4S/c1-18-6-11-23(12-7-18)35(32,33)30-17-26(34-25-13-10-22(28)15-24(25)30)27(31)29-16-19-8-9-20-4-2-3-5-21(20)14-19/h2-15,26H,16-17H2,1H3,(H,29,31)/t26-/m0/s1. The Labute approximate surface area is 209 Å². The second-order valence-electron chi connectivity index (χ2n) is 8.47. The molecule has 1 aliphatic rings. The van der Waals surface area contributed by atoms with Gasteiger partial charge < -0.3 is 10.1 Å². The number of fused-ring (bicyclic) bond motifs is 2. The summed E-state index contributed by atoms with van der Waals surface area (Å²) >= 11 is 6.16. The van der Waals surface area contributed by atoms with Crippen molar-refractivity contribution >= 4 is 44.0 Å². The van der Waals surface area contributed by atoms with Crippen LogP contribution in [0.15, 0.2) is 89.8 Å². The maximum absolute atomic E-state index is 13.5. The van der Waals surface area contributed by atoms with Gasteiger partial charge in [0.15, 0.2) is 6.10 Å². The summed E-state index contributed by atoms with van der Waals surface area (Å²) < 4.78 is 34.2. The van der Waals surface area contributed by atoms with Gasteiger partial charge in [-0.25, -0.2) is 8.42 Å². The molecule has 6 nitrogen and oxygen atoms in total. The molecule has 0 saturated heterocycles. The van der Waals surface area contributed by atoms with E-state index in [2.05, 4.69) is 5.32 Å². The lowest BCUT2D eigenvalue weighted by atomic mass is 10.1. The Bertz CT molecular complexity index is 1520. The molecule has 1 heterocycles. The third kappa shape index (κ3) is 4.70. The van der Waals surface area contributed by atoms with Gasteiger partial charge in [0, 0.05) is 11.6 Å². The van der Waals surface area contributed by atoms with Crippen LogP contribution in [-0.2, 0) is 21.4 Å². The molecule has 35 heavy (non-hydrogen) atoms. The van der Waals surface area contributed by atoms with E-state index in [0.29, 0.717) is 17.3 Å². The molecule has 0 bridgehead atoms. The number of hydrogen-bond acceptors (Lipinski definition) is 4. The van der Waals surface area contributed by atoms with Crippen molar-refractivity contribution in [1.82, 2.24) is 5.32 Å². The molecular weight excluding hydrogens is 484 g/mol. The zero-order valence-corrected chi connectivity index (χ0v) is 20.5. The summed E-state index contributed by atoms with van der Waals surface area (Å²) in [4.78, 5) is 13.2. The van der Waals surface area contributed by atoms with Crippen LogP contribution in [0.2, 0.25) is 5.02 Å². The molecule has 5 rings (SSSR count). The van der Waals surface area contributed by atoms with Crippen LogP contribution in [0.1, 0.15) is 11.1 Å². The quantitative estimate of drug-likeness (QED) is 0.410. The Morgan fingerprint density at radius 1 is 1.00 bits per heavy atom. The highest BCUT2D eigenvalue weighted by molar-refractivity contribution is 7.92. The number of hydrogen-bond donors (Lipinski definition) is 1. The monoisotopic (exact) mass is 506 g/mol. The van der Waals surface area contributed by atoms with Crippen LogP contribution in [0, 0.1) is 6.92 Å². The summed E-state index contributed by atoms with van der Waals surface area (Å²) in [6, 6.07) is 25.3. The van der Waals surface area contributed by atoms with Gasteiger partial charge in [0.25, 0.3) is 15.9 Å². The Kier molecular flexibility index (Phi) is 6.13. The molecule has 178 valence electrons. The lowest BCUT2D eigenvalue weighted by Crippen LogP contribution is -2.50. The average molecular weight is 507 g/mol. The fourth-order valence-corrected chi connectivity index (χ4v) is 5.71. The number of carbonyl (C=O) groups is 1. The average Bonchev–Trinajstić information content (AvgIpc) is 2.86. The molecule has 4 aromatic carbocycles. The van der Waals surface area contributed by atoms with E-state index in [9.17, 15) is 13.2 Å². The van der Waals surface area contributed by atoms with Crippen LogP contribution in [-0.4, -0.2) is 27.0 Å². The van der Waals surface area contributed by atoms with Crippen LogP contribution in [0.4, 0.5) is 5.69 Å². The molecule has 1 atom stereocenters. The highest BCUT2D eigenvalue weighted by Crippen LogP contribution is 2.39. The minimum absolute atomic E-state index is 0.131. The van der Waals surface area contributed by atoms with Crippen LogP contribution in [0.25, 0.3) is 10.8 Å². The van der Waals surface area contributed by atoms with Gasteiger partial charge in [0.2, 0.25) is 0 Å². The molecule has 1 aliphatic heterocycles. The van der Waals surface area contributed by atoms with Gasteiger partial charge in [0.05, 0.1) is 17.1 Å². The Hall–Kier alpha value is -3.55.